The zero-order chi connectivity index (χ0) is 15.0. The van der Waals surface area contributed by atoms with Gasteiger partial charge in [-0.2, -0.15) is 0 Å². The molecule has 5 heteroatoms. The van der Waals surface area contributed by atoms with Gasteiger partial charge in [0.2, 0.25) is 0 Å². The minimum atomic E-state index is 0.109. The van der Waals surface area contributed by atoms with Crippen molar-refractivity contribution in [1.82, 2.24) is 0 Å². The maximum Gasteiger partial charge on any atom is 0.139 e. The summed E-state index contributed by atoms with van der Waals surface area (Å²) in [5, 5.41) is 11.0. The van der Waals surface area contributed by atoms with Crippen LogP contribution in [0.4, 0.5) is 11.4 Å². The summed E-state index contributed by atoms with van der Waals surface area (Å²) in [7, 11) is 2.09. The summed E-state index contributed by atoms with van der Waals surface area (Å²) >= 11 is 12.0. The van der Waals surface area contributed by atoms with E-state index in [0.717, 1.165) is 24.3 Å². The average molecular weight is 323 g/mol. The molecule has 21 heavy (non-hydrogen) atoms. The Bertz CT molecular complexity index is 675. The molecule has 3 nitrogen and oxygen atoms in total. The first kappa shape index (κ1) is 14.4. The van der Waals surface area contributed by atoms with Crippen molar-refractivity contribution in [3.8, 4) is 5.75 Å². The number of hydrogen-bond donors (Lipinski definition) is 1. The van der Waals surface area contributed by atoms with Crippen LogP contribution in [0.2, 0.25) is 10.0 Å². The first-order valence-electron chi connectivity index (χ1n) is 6.78. The highest BCUT2D eigenvalue weighted by molar-refractivity contribution is 6.35. The van der Waals surface area contributed by atoms with E-state index in [2.05, 4.69) is 29.0 Å². The van der Waals surface area contributed by atoms with E-state index in [9.17, 15) is 5.11 Å². The zero-order valence-electron chi connectivity index (χ0n) is 11.7. The van der Waals surface area contributed by atoms with Gasteiger partial charge < -0.3 is 14.9 Å². The molecule has 3 rings (SSSR count). The van der Waals surface area contributed by atoms with Crippen molar-refractivity contribution >= 4 is 34.6 Å². The van der Waals surface area contributed by atoms with Gasteiger partial charge in [0, 0.05) is 37.3 Å². The van der Waals surface area contributed by atoms with Crippen LogP contribution in [-0.4, -0.2) is 25.2 Å². The Labute approximate surface area is 134 Å². The largest absolute Gasteiger partial charge is 0.506 e. The lowest BCUT2D eigenvalue weighted by molar-refractivity contribution is 0.467. The number of aromatic hydroxyl groups is 1. The first-order valence-corrected chi connectivity index (χ1v) is 7.54. The number of anilines is 2. The summed E-state index contributed by atoms with van der Waals surface area (Å²) in [6, 6.07) is 11.6. The van der Waals surface area contributed by atoms with E-state index in [1.54, 1.807) is 12.1 Å². The van der Waals surface area contributed by atoms with Gasteiger partial charge in [0.15, 0.2) is 0 Å². The fourth-order valence-corrected chi connectivity index (χ4v) is 3.21. The molecule has 1 aliphatic rings. The molecule has 0 saturated carbocycles. The van der Waals surface area contributed by atoms with Crippen molar-refractivity contribution in [3.63, 3.8) is 0 Å². The number of halogens is 2. The van der Waals surface area contributed by atoms with Crippen molar-refractivity contribution in [3.05, 3.63) is 52.0 Å². The first-order chi connectivity index (χ1) is 10.1. The van der Waals surface area contributed by atoms with Crippen LogP contribution in [-0.2, 0) is 6.54 Å². The Morgan fingerprint density at radius 3 is 2.57 bits per heavy atom. The van der Waals surface area contributed by atoms with Crippen molar-refractivity contribution in [2.45, 2.75) is 6.54 Å². The summed E-state index contributed by atoms with van der Waals surface area (Å²) in [4.78, 5) is 4.47. The number of benzene rings is 2. The number of likely N-dealkylation sites (N-methyl/N-ethyl adjacent to an activating group) is 1. The fraction of sp³-hybridized carbons (Fsp3) is 0.250. The van der Waals surface area contributed by atoms with Crippen LogP contribution >= 0.6 is 23.2 Å². The highest BCUT2D eigenvalue weighted by atomic mass is 35.5. The van der Waals surface area contributed by atoms with Crippen molar-refractivity contribution in [2.24, 2.45) is 0 Å². The molecule has 0 bridgehead atoms. The normalized spacial score (nSPS) is 14.2. The number of nitrogens with zero attached hydrogens (tertiary/aromatic N) is 2. The van der Waals surface area contributed by atoms with Gasteiger partial charge in [0.1, 0.15) is 5.75 Å². The summed E-state index contributed by atoms with van der Waals surface area (Å²) in [6.07, 6.45) is 0. The lowest BCUT2D eigenvalue weighted by Crippen LogP contribution is -2.38. The van der Waals surface area contributed by atoms with E-state index in [1.807, 2.05) is 12.1 Å². The van der Waals surface area contributed by atoms with Gasteiger partial charge in [0.25, 0.3) is 0 Å². The Morgan fingerprint density at radius 1 is 1.10 bits per heavy atom. The van der Waals surface area contributed by atoms with E-state index >= 15 is 0 Å². The molecule has 0 spiro atoms. The fourth-order valence-electron chi connectivity index (χ4n) is 2.68. The predicted octanol–water partition coefficient (Wildman–Crippen LogP) is 4.16. The van der Waals surface area contributed by atoms with Crippen LogP contribution in [0.25, 0.3) is 0 Å². The molecule has 2 aromatic rings. The van der Waals surface area contributed by atoms with Gasteiger partial charge in [-0.25, -0.2) is 0 Å². The van der Waals surface area contributed by atoms with Crippen LogP contribution in [0.1, 0.15) is 5.56 Å². The molecule has 1 heterocycles. The van der Waals surface area contributed by atoms with E-state index < -0.39 is 0 Å². The Balaban J connectivity index is 1.95. The second kappa shape index (κ2) is 5.66. The lowest BCUT2D eigenvalue weighted by Gasteiger charge is -2.37. The second-order valence-corrected chi connectivity index (χ2v) is 6.07. The van der Waals surface area contributed by atoms with Crippen LogP contribution in [0.3, 0.4) is 0 Å². The highest BCUT2D eigenvalue weighted by Crippen LogP contribution is 2.36. The molecule has 1 N–H and O–H groups in total. The molecule has 0 amide bonds. The number of hydrogen-bond acceptors (Lipinski definition) is 3. The van der Waals surface area contributed by atoms with E-state index in [-0.39, 0.29) is 5.75 Å². The Hall–Kier alpha value is -1.58. The van der Waals surface area contributed by atoms with Gasteiger partial charge >= 0.3 is 0 Å². The quantitative estimate of drug-likeness (QED) is 0.899. The lowest BCUT2D eigenvalue weighted by atomic mass is 10.1. The molecule has 0 unspecified atom stereocenters. The highest BCUT2D eigenvalue weighted by Gasteiger charge is 2.21. The van der Waals surface area contributed by atoms with Gasteiger partial charge in [-0.3, -0.25) is 0 Å². The molecular formula is C16H16Cl2N2O. The van der Waals surface area contributed by atoms with Gasteiger partial charge in [-0.1, -0.05) is 35.3 Å². The molecule has 0 aliphatic carbocycles. The SMILES string of the molecule is CN1CCN(Cc2cc(Cl)cc(Cl)c2O)c2ccccc21. The zero-order valence-corrected chi connectivity index (χ0v) is 13.2. The van der Waals surface area contributed by atoms with Crippen LogP contribution < -0.4 is 9.80 Å². The Kier molecular flexibility index (Phi) is 3.87. The maximum absolute atomic E-state index is 10.1. The van der Waals surface area contributed by atoms with Crippen molar-refractivity contribution in [2.75, 3.05) is 29.9 Å². The third-order valence-corrected chi connectivity index (χ3v) is 4.31. The molecule has 0 aromatic heterocycles. The maximum atomic E-state index is 10.1. The van der Waals surface area contributed by atoms with Gasteiger partial charge in [0.05, 0.1) is 16.4 Å². The number of phenolic OH excluding ortho intramolecular Hbond substituents is 1. The second-order valence-electron chi connectivity index (χ2n) is 5.23. The van der Waals surface area contributed by atoms with E-state index in [0.29, 0.717) is 16.6 Å². The monoisotopic (exact) mass is 322 g/mol. The molecule has 0 radical (unpaired) electrons. The molecular weight excluding hydrogens is 307 g/mol. The molecule has 1 aliphatic heterocycles. The minimum Gasteiger partial charge on any atom is -0.506 e. The summed E-state index contributed by atoms with van der Waals surface area (Å²) in [5.74, 6) is 0.109. The smallest absolute Gasteiger partial charge is 0.139 e. The standard InChI is InChI=1S/C16H16Cl2N2O/c1-19-6-7-20(15-5-3-2-4-14(15)19)10-11-8-12(17)9-13(18)16(11)21/h2-5,8-9,21H,6-7,10H2,1H3. The number of phenols is 1. The van der Waals surface area contributed by atoms with Gasteiger partial charge in [-0.15, -0.1) is 0 Å². The molecule has 0 saturated heterocycles. The minimum absolute atomic E-state index is 0.109. The molecule has 2 aromatic carbocycles. The van der Waals surface area contributed by atoms with Crippen molar-refractivity contribution in [1.29, 1.82) is 0 Å². The van der Waals surface area contributed by atoms with E-state index in [1.165, 1.54) is 5.69 Å². The van der Waals surface area contributed by atoms with E-state index in [4.69, 9.17) is 23.2 Å². The average Bonchev–Trinajstić information content (AvgIpc) is 2.47. The van der Waals surface area contributed by atoms with Crippen LogP contribution in [0.5, 0.6) is 5.75 Å². The summed E-state index contributed by atoms with van der Waals surface area (Å²) in [6.45, 7) is 2.40. The van der Waals surface area contributed by atoms with Crippen LogP contribution in [0.15, 0.2) is 36.4 Å². The summed E-state index contributed by atoms with van der Waals surface area (Å²) < 4.78 is 0. The predicted molar refractivity (Wildman–Crippen MR) is 88.9 cm³/mol. The molecule has 110 valence electrons. The van der Waals surface area contributed by atoms with Crippen LogP contribution in [0, 0.1) is 0 Å². The van der Waals surface area contributed by atoms with Gasteiger partial charge in [-0.05, 0) is 24.3 Å². The number of fused-ring (bicyclic) bond motifs is 1. The third-order valence-electron chi connectivity index (χ3n) is 3.81. The number of para-hydroxylation sites is 2. The number of rotatable bonds is 2. The topological polar surface area (TPSA) is 26.7 Å². The summed E-state index contributed by atoms with van der Waals surface area (Å²) in [5.41, 5.74) is 3.09. The molecule has 0 atom stereocenters. The Morgan fingerprint density at radius 2 is 1.81 bits per heavy atom. The third kappa shape index (κ3) is 2.76. The molecule has 0 fully saturated rings. The van der Waals surface area contributed by atoms with Crippen molar-refractivity contribution < 1.29 is 5.11 Å².